The number of aliphatic imine (C=N–C) groups is 1. The Morgan fingerprint density at radius 1 is 1.08 bits per heavy atom. The smallest absolute Gasteiger partial charge is 0.402 e. The van der Waals surface area contributed by atoms with Gasteiger partial charge < -0.3 is 31.1 Å². The van der Waals surface area contributed by atoms with Gasteiger partial charge in [-0.1, -0.05) is 12.1 Å². The molecule has 2 fully saturated rings. The van der Waals surface area contributed by atoms with Gasteiger partial charge in [-0.25, -0.2) is 33.3 Å². The topological polar surface area (TPSA) is 234 Å². The molecule has 63 heavy (non-hydrogen) atoms. The molecule has 2 aromatic carbocycles. The van der Waals surface area contributed by atoms with Gasteiger partial charge in [-0.15, -0.1) is 0 Å². The number of carbonyl (C=O) groups is 1. The fourth-order valence-corrected chi connectivity index (χ4v) is 9.82. The number of carbonyl (C=O) groups excluding carboxylic acids is 1. The van der Waals surface area contributed by atoms with Gasteiger partial charge in [0, 0.05) is 69.1 Å². The van der Waals surface area contributed by atoms with E-state index in [2.05, 4.69) is 10.1 Å². The summed E-state index contributed by atoms with van der Waals surface area (Å²) in [6.07, 6.45) is 9.42. The maximum Gasteiger partial charge on any atom is 0.438 e. The highest BCUT2D eigenvalue weighted by Crippen LogP contribution is 2.55. The van der Waals surface area contributed by atoms with Gasteiger partial charge in [0.05, 0.1) is 34.9 Å². The van der Waals surface area contributed by atoms with Crippen molar-refractivity contribution < 1.29 is 24.3 Å². The van der Waals surface area contributed by atoms with Gasteiger partial charge in [0.1, 0.15) is 28.4 Å². The van der Waals surface area contributed by atoms with Gasteiger partial charge >= 0.3 is 11.4 Å². The molecule has 1 saturated heterocycles. The van der Waals surface area contributed by atoms with Crippen molar-refractivity contribution in [3.63, 3.8) is 0 Å². The Morgan fingerprint density at radius 3 is 2.59 bits per heavy atom. The van der Waals surface area contributed by atoms with E-state index in [0.717, 1.165) is 35.7 Å². The maximum absolute atomic E-state index is 15.8. The molecule has 1 amide bonds. The number of aromatic nitrogens is 7. The van der Waals surface area contributed by atoms with E-state index >= 15 is 13.6 Å². The van der Waals surface area contributed by atoms with Crippen LogP contribution >= 0.6 is 0 Å². The van der Waals surface area contributed by atoms with Crippen LogP contribution in [0.5, 0.6) is 0 Å². The first-order valence-electron chi connectivity index (χ1n) is 21.0. The third-order valence-corrected chi connectivity index (χ3v) is 13.3. The fourth-order valence-electron chi connectivity index (χ4n) is 9.82. The van der Waals surface area contributed by atoms with Crippen LogP contribution in [0.1, 0.15) is 92.0 Å². The van der Waals surface area contributed by atoms with Gasteiger partial charge in [-0.3, -0.25) is 23.4 Å². The number of benzene rings is 2. The molecule has 6 N–H and O–H groups in total. The van der Waals surface area contributed by atoms with E-state index in [9.17, 15) is 9.59 Å². The molecule has 3 unspecified atom stereocenters. The van der Waals surface area contributed by atoms with Gasteiger partial charge in [-0.2, -0.15) is 0 Å². The maximum atomic E-state index is 15.8. The van der Waals surface area contributed by atoms with E-state index in [-0.39, 0.29) is 66.3 Å². The average Bonchev–Trinajstić information content (AvgIpc) is 3.85. The van der Waals surface area contributed by atoms with Crippen molar-refractivity contribution in [2.24, 2.45) is 16.6 Å². The van der Waals surface area contributed by atoms with Crippen LogP contribution in [0.25, 0.3) is 16.9 Å². The van der Waals surface area contributed by atoms with E-state index in [4.69, 9.17) is 41.1 Å². The molecular weight excluding hydrogens is 815 g/mol. The summed E-state index contributed by atoms with van der Waals surface area (Å²) in [5.41, 5.74) is 15.2. The molecule has 6 heterocycles. The van der Waals surface area contributed by atoms with Gasteiger partial charge in [-0.05, 0) is 92.8 Å². The Hall–Kier alpha value is -7.02. The molecule has 6 aromatic rings. The first-order valence-corrected chi connectivity index (χ1v) is 21.0. The summed E-state index contributed by atoms with van der Waals surface area (Å²) >= 11 is 0. The number of fused-ring (bicyclic) bond motifs is 2. The molecule has 10 rings (SSSR count). The average molecular weight is 861 g/mol. The number of ether oxygens (including phenoxy) is 1. The fraction of sp³-hybridized carbons (Fsp3) is 0.364. The van der Waals surface area contributed by atoms with Crippen molar-refractivity contribution in [3.05, 3.63) is 127 Å². The second-order valence-corrected chi connectivity index (χ2v) is 16.8. The highest BCUT2D eigenvalue weighted by atomic mass is 19.1. The van der Waals surface area contributed by atoms with E-state index in [1.54, 1.807) is 30.2 Å². The zero-order chi connectivity index (χ0) is 43.9. The number of H-pyrrole nitrogens is 1. The molecule has 326 valence electrons. The summed E-state index contributed by atoms with van der Waals surface area (Å²) in [6.45, 7) is 5.18. The van der Waals surface area contributed by atoms with Gasteiger partial charge in [0.15, 0.2) is 17.3 Å². The highest BCUT2D eigenvalue weighted by Gasteiger charge is 2.59. The number of nitrogen functional groups attached to an aromatic ring is 1. The van der Waals surface area contributed by atoms with Crippen molar-refractivity contribution in [3.8, 4) is 5.69 Å². The Labute approximate surface area is 359 Å². The lowest BCUT2D eigenvalue weighted by Crippen LogP contribution is -2.49. The Morgan fingerprint density at radius 2 is 1.86 bits per heavy atom. The van der Waals surface area contributed by atoms with Crippen molar-refractivity contribution in [1.82, 2.24) is 38.7 Å². The monoisotopic (exact) mass is 860 g/mol. The lowest BCUT2D eigenvalue weighted by Gasteiger charge is -2.37. The van der Waals surface area contributed by atoms with E-state index < -0.39 is 34.8 Å². The summed E-state index contributed by atoms with van der Waals surface area (Å²) in [6, 6.07) is 6.58. The summed E-state index contributed by atoms with van der Waals surface area (Å²) in [7, 11) is 0. The number of nitrogens with two attached hydrogens (primary N) is 2. The number of imidazole rings is 1. The van der Waals surface area contributed by atoms with Crippen LogP contribution in [0.3, 0.4) is 0 Å². The number of hydrogen-bond acceptors (Lipinski definition) is 12. The van der Waals surface area contributed by atoms with Crippen LogP contribution in [0.15, 0.2) is 79.3 Å². The minimum Gasteiger partial charge on any atom is -0.402 e. The van der Waals surface area contributed by atoms with Crippen LogP contribution < -0.4 is 22.9 Å². The van der Waals surface area contributed by atoms with Crippen LogP contribution in [0.4, 0.5) is 20.2 Å². The number of hydrogen-bond donors (Lipinski definition) is 4. The molecular formula is C44H46F2N12O5. The number of rotatable bonds is 8. The zero-order valence-electron chi connectivity index (χ0n) is 34.5. The van der Waals surface area contributed by atoms with Crippen LogP contribution in [-0.2, 0) is 23.1 Å². The first-order chi connectivity index (χ1) is 30.4. The number of anilines is 1. The molecule has 0 bridgehead atoms. The highest BCUT2D eigenvalue weighted by molar-refractivity contribution is 6.05. The molecule has 1 saturated carbocycles. The molecule has 0 spiro atoms. The standard InChI is InChI=1S/C44H44F2N12O5.H2/c1-22-19-44(22,41-53-42(60)63-54-41)58-35(18-32-38(58)50-21-33(51-32)24-11-16-62-17-12-24)40(59)55-13-10-30(49)36(23(55)2)39(52-31-8-6-28(45)25-4-3-5-26(25)31)57-15-14-56(43(57)61)34-9-7-29(48)27(20-47)37(34)46;/h6-9,14-15,18,20-24,47H,3-5,10-13,16-17,19,48-49H2,1-2H3,(H,53,54,60);1H. The van der Waals surface area contributed by atoms with Crippen molar-refractivity contribution in [2.45, 2.75) is 76.3 Å². The van der Waals surface area contributed by atoms with Gasteiger partial charge in [0.25, 0.3) is 5.91 Å². The van der Waals surface area contributed by atoms with Crippen LogP contribution in [0.2, 0.25) is 0 Å². The predicted octanol–water partition coefficient (Wildman–Crippen LogP) is 5.06. The summed E-state index contributed by atoms with van der Waals surface area (Å²) in [5, 5.41) is 11.8. The minimum atomic E-state index is -0.981. The quantitative estimate of drug-likeness (QED) is 0.0903. The normalized spacial score (nSPS) is 21.7. The molecule has 17 nitrogen and oxygen atoms in total. The molecule has 4 aliphatic rings. The predicted molar refractivity (Wildman–Crippen MR) is 230 cm³/mol. The lowest BCUT2D eigenvalue weighted by atomic mass is 9.96. The zero-order valence-corrected chi connectivity index (χ0v) is 34.5. The van der Waals surface area contributed by atoms with Crippen molar-refractivity contribution in [2.75, 3.05) is 25.5 Å². The van der Waals surface area contributed by atoms with E-state index in [0.29, 0.717) is 71.7 Å². The third-order valence-electron chi connectivity index (χ3n) is 13.3. The minimum absolute atomic E-state index is 0. The largest absolute Gasteiger partial charge is 0.438 e. The lowest BCUT2D eigenvalue weighted by molar-refractivity contribution is 0.0696. The Kier molecular flexibility index (Phi) is 9.61. The summed E-state index contributed by atoms with van der Waals surface area (Å²) in [5.74, 6) is -1.97. The number of aromatic amines is 1. The Balaban J connectivity index is 0.00000518. The van der Waals surface area contributed by atoms with E-state index in [1.165, 1.54) is 35.2 Å². The van der Waals surface area contributed by atoms with Crippen molar-refractivity contribution >= 4 is 40.5 Å². The second-order valence-electron chi connectivity index (χ2n) is 16.8. The molecule has 2 aliphatic carbocycles. The summed E-state index contributed by atoms with van der Waals surface area (Å²) in [4.78, 5) is 61.6. The van der Waals surface area contributed by atoms with Crippen LogP contribution in [-0.4, -0.2) is 82.5 Å². The SMILES string of the molecule is CC1C(C(=Nc2ccc(F)c3c2CCC3)n2ccn(-c3ccc(N)c(C=N)c3F)c2=O)=C(N)CCN1C(=O)c1cc2nc(C3CCOCC3)cnc2n1C1(c2noc(=O)[nH]2)CC1C.[HH]. The first kappa shape index (κ1) is 40.1. The number of nitrogens with zero attached hydrogens (tertiary/aromatic N) is 8. The molecule has 19 heteroatoms. The number of amides is 1. The molecule has 2 aliphatic heterocycles. The molecule has 0 radical (unpaired) electrons. The number of halogens is 2. The van der Waals surface area contributed by atoms with Crippen LogP contribution in [0, 0.1) is 23.0 Å². The molecule has 4 aromatic heterocycles. The van der Waals surface area contributed by atoms with E-state index in [1.807, 2.05) is 11.5 Å². The summed E-state index contributed by atoms with van der Waals surface area (Å²) < 4.78 is 45.6. The van der Waals surface area contributed by atoms with Gasteiger partial charge in [0.2, 0.25) is 0 Å². The number of nitrogens with one attached hydrogen (secondary N) is 2. The van der Waals surface area contributed by atoms with Crippen molar-refractivity contribution in [1.29, 1.82) is 5.41 Å². The molecule has 3 atom stereocenters. The second kappa shape index (κ2) is 15.1. The Bertz CT molecular complexity index is 3070. The third kappa shape index (κ3) is 6.34.